The summed E-state index contributed by atoms with van der Waals surface area (Å²) in [7, 11) is 0. The molecule has 0 atom stereocenters. The SMILES string of the molecule is Cc1nc2c(c(=O)[nH]1)CCNC2. The maximum Gasteiger partial charge on any atom is 0.254 e. The minimum absolute atomic E-state index is 0.0269. The summed E-state index contributed by atoms with van der Waals surface area (Å²) in [6, 6.07) is 0. The molecule has 0 spiro atoms. The average Bonchev–Trinajstić information content (AvgIpc) is 2.04. The summed E-state index contributed by atoms with van der Waals surface area (Å²) < 4.78 is 0. The van der Waals surface area contributed by atoms with Crippen LogP contribution in [0.15, 0.2) is 4.79 Å². The first-order chi connectivity index (χ1) is 5.77. The lowest BCUT2D eigenvalue weighted by molar-refractivity contribution is 0.614. The number of rotatable bonds is 0. The van der Waals surface area contributed by atoms with E-state index in [4.69, 9.17) is 0 Å². The maximum atomic E-state index is 11.4. The van der Waals surface area contributed by atoms with Crippen LogP contribution in [0.1, 0.15) is 17.1 Å². The highest BCUT2D eigenvalue weighted by Crippen LogP contribution is 2.05. The number of hydrogen-bond donors (Lipinski definition) is 2. The first kappa shape index (κ1) is 7.49. The summed E-state index contributed by atoms with van der Waals surface area (Å²) in [6.07, 6.45) is 0.790. The molecular weight excluding hydrogens is 154 g/mol. The Morgan fingerprint density at radius 3 is 3.17 bits per heavy atom. The predicted octanol–water partition coefficient (Wildman–Crippen LogP) is -0.276. The lowest BCUT2D eigenvalue weighted by atomic mass is 10.1. The number of H-pyrrole nitrogens is 1. The number of hydrogen-bond acceptors (Lipinski definition) is 3. The molecule has 4 nitrogen and oxygen atoms in total. The van der Waals surface area contributed by atoms with Crippen molar-refractivity contribution >= 4 is 0 Å². The number of aromatic amines is 1. The third kappa shape index (κ3) is 1.14. The smallest absolute Gasteiger partial charge is 0.254 e. The van der Waals surface area contributed by atoms with E-state index in [0.29, 0.717) is 5.82 Å². The molecule has 0 radical (unpaired) electrons. The molecule has 1 aromatic rings. The topological polar surface area (TPSA) is 57.8 Å². The van der Waals surface area contributed by atoms with Gasteiger partial charge in [0, 0.05) is 12.1 Å². The van der Waals surface area contributed by atoms with Gasteiger partial charge < -0.3 is 10.3 Å². The van der Waals surface area contributed by atoms with Gasteiger partial charge in [0.05, 0.1) is 5.69 Å². The van der Waals surface area contributed by atoms with E-state index >= 15 is 0 Å². The van der Waals surface area contributed by atoms with E-state index in [1.807, 2.05) is 0 Å². The van der Waals surface area contributed by atoms with Gasteiger partial charge in [-0.15, -0.1) is 0 Å². The second-order valence-electron chi connectivity index (χ2n) is 3.00. The molecule has 0 saturated carbocycles. The molecule has 4 heteroatoms. The normalized spacial score (nSPS) is 15.8. The van der Waals surface area contributed by atoms with Crippen molar-refractivity contribution in [3.05, 3.63) is 27.4 Å². The molecule has 0 saturated heterocycles. The van der Waals surface area contributed by atoms with Gasteiger partial charge in [0.15, 0.2) is 0 Å². The number of nitrogens with one attached hydrogen (secondary N) is 2. The van der Waals surface area contributed by atoms with Gasteiger partial charge in [-0.25, -0.2) is 4.98 Å². The molecule has 0 aliphatic carbocycles. The molecule has 2 heterocycles. The zero-order valence-corrected chi connectivity index (χ0v) is 6.98. The van der Waals surface area contributed by atoms with E-state index in [1.54, 1.807) is 6.92 Å². The molecule has 0 unspecified atom stereocenters. The molecule has 1 aliphatic rings. The van der Waals surface area contributed by atoms with Crippen molar-refractivity contribution < 1.29 is 0 Å². The maximum absolute atomic E-state index is 11.4. The van der Waals surface area contributed by atoms with Crippen molar-refractivity contribution in [2.45, 2.75) is 19.9 Å². The van der Waals surface area contributed by atoms with Gasteiger partial charge in [-0.2, -0.15) is 0 Å². The lowest BCUT2D eigenvalue weighted by Crippen LogP contribution is -2.31. The summed E-state index contributed by atoms with van der Waals surface area (Å²) in [6.45, 7) is 3.40. The van der Waals surface area contributed by atoms with Crippen molar-refractivity contribution in [2.24, 2.45) is 0 Å². The van der Waals surface area contributed by atoms with Crippen LogP contribution in [-0.2, 0) is 13.0 Å². The van der Waals surface area contributed by atoms with Crippen LogP contribution in [0.3, 0.4) is 0 Å². The molecule has 1 aliphatic heterocycles. The van der Waals surface area contributed by atoms with E-state index in [0.717, 1.165) is 30.8 Å². The van der Waals surface area contributed by atoms with Gasteiger partial charge in [-0.3, -0.25) is 4.79 Å². The number of nitrogens with zero attached hydrogens (tertiary/aromatic N) is 1. The van der Waals surface area contributed by atoms with Crippen LogP contribution in [0.25, 0.3) is 0 Å². The molecule has 2 rings (SSSR count). The Labute approximate surface area is 70.0 Å². The second kappa shape index (κ2) is 2.71. The van der Waals surface area contributed by atoms with Crippen LogP contribution in [0.2, 0.25) is 0 Å². The monoisotopic (exact) mass is 165 g/mol. The molecule has 0 amide bonds. The minimum atomic E-state index is 0.0269. The predicted molar refractivity (Wildman–Crippen MR) is 45.0 cm³/mol. The van der Waals surface area contributed by atoms with Gasteiger partial charge in [0.25, 0.3) is 5.56 Å². The highest BCUT2D eigenvalue weighted by Gasteiger charge is 2.13. The molecular formula is C8H11N3O. The van der Waals surface area contributed by atoms with Crippen LogP contribution in [0, 0.1) is 6.92 Å². The van der Waals surface area contributed by atoms with E-state index < -0.39 is 0 Å². The summed E-state index contributed by atoms with van der Waals surface area (Å²) in [4.78, 5) is 18.3. The van der Waals surface area contributed by atoms with Gasteiger partial charge in [0.2, 0.25) is 0 Å². The van der Waals surface area contributed by atoms with Gasteiger partial charge in [-0.05, 0) is 19.9 Å². The molecule has 0 bridgehead atoms. The Morgan fingerprint density at radius 2 is 2.33 bits per heavy atom. The van der Waals surface area contributed by atoms with Crippen LogP contribution in [-0.4, -0.2) is 16.5 Å². The van der Waals surface area contributed by atoms with Crippen molar-refractivity contribution in [1.29, 1.82) is 0 Å². The Bertz CT molecular complexity index is 356. The highest BCUT2D eigenvalue weighted by atomic mass is 16.1. The summed E-state index contributed by atoms with van der Waals surface area (Å²) >= 11 is 0. The van der Waals surface area contributed by atoms with Gasteiger partial charge >= 0.3 is 0 Å². The van der Waals surface area contributed by atoms with Gasteiger partial charge in [0.1, 0.15) is 5.82 Å². The summed E-state index contributed by atoms with van der Waals surface area (Å²) in [5.74, 6) is 0.697. The van der Waals surface area contributed by atoms with Crippen molar-refractivity contribution in [3.63, 3.8) is 0 Å². The van der Waals surface area contributed by atoms with Crippen LogP contribution in [0.5, 0.6) is 0 Å². The molecule has 2 N–H and O–H groups in total. The zero-order valence-electron chi connectivity index (χ0n) is 6.98. The Hall–Kier alpha value is -1.16. The molecule has 64 valence electrons. The Morgan fingerprint density at radius 1 is 1.50 bits per heavy atom. The van der Waals surface area contributed by atoms with E-state index in [1.165, 1.54) is 0 Å². The van der Waals surface area contributed by atoms with Crippen LogP contribution < -0.4 is 10.9 Å². The van der Waals surface area contributed by atoms with Crippen LogP contribution in [0.4, 0.5) is 0 Å². The Balaban J connectivity index is 2.60. The number of fused-ring (bicyclic) bond motifs is 1. The third-order valence-corrected chi connectivity index (χ3v) is 2.06. The molecule has 1 aromatic heterocycles. The Kier molecular flexibility index (Phi) is 1.69. The average molecular weight is 165 g/mol. The van der Waals surface area contributed by atoms with E-state index in [9.17, 15) is 4.79 Å². The zero-order chi connectivity index (χ0) is 8.55. The quantitative estimate of drug-likeness (QED) is 0.556. The minimum Gasteiger partial charge on any atom is -0.311 e. The van der Waals surface area contributed by atoms with Crippen molar-refractivity contribution in [2.75, 3.05) is 6.54 Å². The fourth-order valence-electron chi connectivity index (χ4n) is 1.49. The lowest BCUT2D eigenvalue weighted by Gasteiger charge is -2.14. The largest absolute Gasteiger partial charge is 0.311 e. The number of aryl methyl sites for hydroxylation is 1. The van der Waals surface area contributed by atoms with Crippen molar-refractivity contribution in [1.82, 2.24) is 15.3 Å². The van der Waals surface area contributed by atoms with Gasteiger partial charge in [-0.1, -0.05) is 0 Å². The van der Waals surface area contributed by atoms with Crippen LogP contribution >= 0.6 is 0 Å². The first-order valence-corrected chi connectivity index (χ1v) is 4.07. The molecule has 12 heavy (non-hydrogen) atoms. The summed E-state index contributed by atoms with van der Waals surface area (Å²) in [5, 5.41) is 3.18. The fourth-order valence-corrected chi connectivity index (χ4v) is 1.49. The number of aromatic nitrogens is 2. The second-order valence-corrected chi connectivity index (χ2v) is 3.00. The van der Waals surface area contributed by atoms with E-state index in [2.05, 4.69) is 15.3 Å². The van der Waals surface area contributed by atoms with E-state index in [-0.39, 0.29) is 5.56 Å². The summed E-state index contributed by atoms with van der Waals surface area (Å²) in [5.41, 5.74) is 1.78. The standard InChI is InChI=1S/C8H11N3O/c1-5-10-7-4-9-3-2-6(7)8(12)11-5/h9H,2-4H2,1H3,(H,10,11,12). The van der Waals surface area contributed by atoms with Crippen molar-refractivity contribution in [3.8, 4) is 0 Å². The third-order valence-electron chi connectivity index (χ3n) is 2.06. The molecule has 0 fully saturated rings. The molecule has 0 aromatic carbocycles. The highest BCUT2D eigenvalue weighted by molar-refractivity contribution is 5.20. The first-order valence-electron chi connectivity index (χ1n) is 4.07. The fraction of sp³-hybridized carbons (Fsp3) is 0.500.